The van der Waals surface area contributed by atoms with Crippen molar-refractivity contribution in [2.45, 2.75) is 22.9 Å². The van der Waals surface area contributed by atoms with Crippen LogP contribution in [-0.2, 0) is 25.7 Å². The number of nitrogen functional groups attached to an aromatic ring is 1. The Morgan fingerprint density at radius 2 is 2.08 bits per heavy atom. The van der Waals surface area contributed by atoms with E-state index in [1.165, 1.54) is 28.9 Å². The minimum Gasteiger partial charge on any atom is -0.477 e. The molecule has 0 radical (unpaired) electrons. The summed E-state index contributed by atoms with van der Waals surface area (Å²) in [6.07, 6.45) is 5.03. The van der Waals surface area contributed by atoms with Crippen LogP contribution in [0.15, 0.2) is 62.7 Å². The first-order chi connectivity index (χ1) is 17.7. The van der Waals surface area contributed by atoms with Gasteiger partial charge in [-0.05, 0) is 17.1 Å². The van der Waals surface area contributed by atoms with Gasteiger partial charge in [0.1, 0.15) is 22.8 Å². The van der Waals surface area contributed by atoms with Gasteiger partial charge in [0.15, 0.2) is 23.2 Å². The van der Waals surface area contributed by atoms with E-state index in [1.807, 2.05) is 0 Å². The van der Waals surface area contributed by atoms with Crippen LogP contribution in [0.4, 0.5) is 5.13 Å². The lowest BCUT2D eigenvalue weighted by Gasteiger charge is -2.49. The number of β-lactam (4-membered cyclic amide) rings is 1. The number of carbonyl (C=O) groups excluding carboxylic acids is 3. The van der Waals surface area contributed by atoms with Crippen molar-refractivity contribution in [2.75, 3.05) is 11.5 Å². The average Bonchev–Trinajstić information content (AvgIpc) is 3.28. The van der Waals surface area contributed by atoms with Gasteiger partial charge in [-0.1, -0.05) is 16.9 Å². The number of thioether (sulfide) groups is 2. The zero-order valence-corrected chi connectivity index (χ0v) is 21.3. The molecule has 1 fully saturated rings. The highest BCUT2D eigenvalue weighted by atomic mass is 32.2. The second kappa shape index (κ2) is 11.0. The van der Waals surface area contributed by atoms with Crippen LogP contribution in [0, 0.1) is 0 Å². The van der Waals surface area contributed by atoms with Gasteiger partial charge in [0, 0.05) is 28.2 Å². The van der Waals surface area contributed by atoms with Crippen molar-refractivity contribution in [1.29, 1.82) is 0 Å². The molecule has 3 amide bonds. The summed E-state index contributed by atoms with van der Waals surface area (Å²) in [5.74, 6) is -2.87. The van der Waals surface area contributed by atoms with Gasteiger partial charge in [-0.15, -0.1) is 23.1 Å². The first kappa shape index (κ1) is 26.2. The highest BCUT2D eigenvalue weighted by Gasteiger charge is 2.54. The number of thiazole rings is 1. The van der Waals surface area contributed by atoms with E-state index in [-0.39, 0.29) is 28.8 Å². The molecule has 1 saturated heterocycles. The Bertz CT molecular complexity index is 1350. The number of anilines is 1. The van der Waals surface area contributed by atoms with Gasteiger partial charge in [-0.2, -0.15) is 4.57 Å². The Morgan fingerprint density at radius 1 is 1.35 bits per heavy atom. The van der Waals surface area contributed by atoms with Crippen LogP contribution in [0.3, 0.4) is 0 Å². The molecule has 192 valence electrons. The maximum Gasteiger partial charge on any atom is 0.352 e. The van der Waals surface area contributed by atoms with Gasteiger partial charge in [0.2, 0.25) is 6.54 Å². The summed E-state index contributed by atoms with van der Waals surface area (Å²) in [6.45, 7) is 0.0625. The highest BCUT2D eigenvalue weighted by Crippen LogP contribution is 2.41. The highest BCUT2D eigenvalue weighted by molar-refractivity contribution is 8.02. The molecule has 2 atom stereocenters. The second-order valence-electron chi connectivity index (χ2n) is 7.65. The maximum absolute atomic E-state index is 12.8. The molecule has 0 bridgehead atoms. The summed E-state index contributed by atoms with van der Waals surface area (Å²) in [5.41, 5.74) is 10.7. The predicted molar refractivity (Wildman–Crippen MR) is 135 cm³/mol. The normalized spacial score (nSPS) is 19.5. The van der Waals surface area contributed by atoms with Crippen molar-refractivity contribution in [3.05, 3.63) is 58.4 Å². The first-order valence-corrected chi connectivity index (χ1v) is 13.3. The summed E-state index contributed by atoms with van der Waals surface area (Å²) < 4.78 is 1.63. The number of allylic oxidation sites excluding steroid dienone is 1. The Hall–Kier alpha value is -3.89. The third kappa shape index (κ3) is 5.60. The molecule has 0 spiro atoms. The number of primary amides is 1. The number of pyridine rings is 1. The number of fused-ring (bicyclic) bond motifs is 1. The molecule has 4 heterocycles. The molecular weight excluding hydrogens is 542 g/mol. The topological polar surface area (TPSA) is 205 Å². The minimum absolute atomic E-state index is 0.0552. The van der Waals surface area contributed by atoms with E-state index in [0.29, 0.717) is 5.57 Å². The number of amides is 3. The quantitative estimate of drug-likeness (QED) is 0.0675. The molecule has 0 aliphatic carbocycles. The lowest BCUT2D eigenvalue weighted by atomic mass is 10.0. The number of rotatable bonds is 9. The number of hydrogen-bond donors (Lipinski definition) is 5. The summed E-state index contributed by atoms with van der Waals surface area (Å²) in [5, 5.41) is 27.2. The van der Waals surface area contributed by atoms with Crippen LogP contribution in [0.1, 0.15) is 5.69 Å². The standard InChI is InChI=1S/C21H19N7O6S3/c22-13(29)7-27-4-1-11(2-5-27)35-6-3-10-8-36-19-15(18(31)28(19)16(10)20(32)33)25-17(30)14(26-34)12-9-37-21(23)24-12/h1-6,9,15,19H,7-8H2,(H6-,22,23,24,25,29,30,32,33,34)/p+1/t15-,19-/m1/s1. The summed E-state index contributed by atoms with van der Waals surface area (Å²) in [7, 11) is 0. The van der Waals surface area contributed by atoms with Crippen LogP contribution in [-0.4, -0.2) is 66.8 Å². The monoisotopic (exact) mass is 562 g/mol. The lowest BCUT2D eigenvalue weighted by molar-refractivity contribution is -0.684. The van der Waals surface area contributed by atoms with Crippen molar-refractivity contribution in [3.8, 4) is 0 Å². The van der Waals surface area contributed by atoms with Gasteiger partial charge in [-0.3, -0.25) is 19.3 Å². The van der Waals surface area contributed by atoms with Crippen LogP contribution < -0.4 is 21.4 Å². The fraction of sp³-hybridized carbons (Fsp3) is 0.190. The maximum atomic E-state index is 12.8. The predicted octanol–water partition coefficient (Wildman–Crippen LogP) is -0.279. The molecule has 0 aromatic carbocycles. The molecule has 2 aliphatic rings. The lowest BCUT2D eigenvalue weighted by Crippen LogP contribution is -2.71. The van der Waals surface area contributed by atoms with Gasteiger partial charge in [0.25, 0.3) is 17.7 Å². The second-order valence-corrected chi connectivity index (χ2v) is 10.6. The fourth-order valence-electron chi connectivity index (χ4n) is 3.59. The molecule has 2 aliphatic heterocycles. The van der Waals surface area contributed by atoms with E-state index in [2.05, 4.69) is 15.5 Å². The molecule has 16 heteroatoms. The van der Waals surface area contributed by atoms with Gasteiger partial charge in [0.05, 0.1) is 0 Å². The van der Waals surface area contributed by atoms with Crippen LogP contribution in [0.5, 0.6) is 0 Å². The minimum atomic E-state index is -1.27. The number of oxime groups is 1. The zero-order valence-electron chi connectivity index (χ0n) is 18.8. The van der Waals surface area contributed by atoms with E-state index >= 15 is 0 Å². The van der Waals surface area contributed by atoms with E-state index in [9.17, 15) is 29.5 Å². The molecule has 13 nitrogen and oxygen atoms in total. The molecule has 0 saturated carbocycles. The summed E-state index contributed by atoms with van der Waals surface area (Å²) in [6, 6.07) is 2.56. The molecule has 4 rings (SSSR count). The van der Waals surface area contributed by atoms with Crippen LogP contribution >= 0.6 is 34.9 Å². The smallest absolute Gasteiger partial charge is 0.352 e. The van der Waals surface area contributed by atoms with Crippen molar-refractivity contribution < 1.29 is 34.1 Å². The number of nitrogens with zero attached hydrogens (tertiary/aromatic N) is 4. The summed E-state index contributed by atoms with van der Waals surface area (Å²) in [4.78, 5) is 54.4. The Balaban J connectivity index is 1.44. The van der Waals surface area contributed by atoms with E-state index in [1.54, 1.807) is 40.6 Å². The number of nitrogens with one attached hydrogen (secondary N) is 1. The number of carboxylic acid groups (broad SMARTS) is 1. The van der Waals surface area contributed by atoms with Crippen molar-refractivity contribution in [1.82, 2.24) is 15.2 Å². The van der Waals surface area contributed by atoms with Crippen molar-refractivity contribution >= 4 is 69.4 Å². The average molecular weight is 563 g/mol. The van der Waals surface area contributed by atoms with Crippen molar-refractivity contribution in [2.24, 2.45) is 10.9 Å². The number of carbonyl (C=O) groups is 4. The first-order valence-electron chi connectivity index (χ1n) is 10.5. The van der Waals surface area contributed by atoms with Gasteiger partial charge < -0.3 is 27.1 Å². The number of aliphatic carboxylic acids is 1. The van der Waals surface area contributed by atoms with E-state index in [0.717, 1.165) is 21.1 Å². The van der Waals surface area contributed by atoms with Crippen LogP contribution in [0.2, 0.25) is 0 Å². The number of nitrogens with two attached hydrogens (primary N) is 2. The zero-order chi connectivity index (χ0) is 26.7. The fourth-order valence-corrected chi connectivity index (χ4v) is 6.13. The van der Waals surface area contributed by atoms with Crippen LogP contribution in [0.25, 0.3) is 0 Å². The molecule has 7 N–H and O–H groups in total. The molecule has 0 unspecified atom stereocenters. The largest absolute Gasteiger partial charge is 0.477 e. The van der Waals surface area contributed by atoms with E-state index in [4.69, 9.17) is 11.5 Å². The number of hydrogen-bond acceptors (Lipinski definition) is 11. The SMILES string of the molecule is NC(=O)C[n+]1ccc(SC=CC2=C(C(=O)O)N3C(=O)[C@@H](NC(=O)C(=NO)c4csc(N)n4)[C@H]3SC2)cc1. The number of aromatic nitrogens is 2. The Morgan fingerprint density at radius 3 is 2.68 bits per heavy atom. The van der Waals surface area contributed by atoms with Gasteiger partial charge in [-0.25, -0.2) is 9.78 Å². The van der Waals surface area contributed by atoms with E-state index < -0.39 is 40.8 Å². The third-order valence-electron chi connectivity index (χ3n) is 5.24. The van der Waals surface area contributed by atoms with Crippen molar-refractivity contribution in [3.63, 3.8) is 0 Å². The Labute approximate surface area is 221 Å². The molecule has 2 aromatic rings. The third-order valence-corrected chi connectivity index (χ3v) is 8.03. The summed E-state index contributed by atoms with van der Waals surface area (Å²) >= 11 is 3.68. The number of carboxylic acids is 1. The molecule has 2 aromatic heterocycles. The Kier molecular flexibility index (Phi) is 7.80. The molecular formula is C21H20N7O6S3+. The van der Waals surface area contributed by atoms with Gasteiger partial charge >= 0.3 is 5.97 Å². The molecule has 37 heavy (non-hydrogen) atoms.